The minimum absolute atomic E-state index is 0.0306. The van der Waals surface area contributed by atoms with Crippen molar-refractivity contribution in [1.29, 1.82) is 0 Å². The molecular weight excluding hydrogens is 224 g/mol. The predicted octanol–water partition coefficient (Wildman–Crippen LogP) is 1.92. The first-order valence-corrected chi connectivity index (χ1v) is 6.83. The van der Waals surface area contributed by atoms with Gasteiger partial charge in [0.2, 0.25) is 5.91 Å². The van der Waals surface area contributed by atoms with E-state index < -0.39 is 0 Å². The number of nitrogens with zero attached hydrogens (tertiary/aromatic N) is 1. The second-order valence-corrected chi connectivity index (χ2v) is 5.60. The van der Waals surface area contributed by atoms with Crippen molar-refractivity contribution in [2.75, 3.05) is 6.54 Å². The van der Waals surface area contributed by atoms with E-state index in [9.17, 15) is 4.79 Å². The molecule has 0 aromatic heterocycles. The van der Waals surface area contributed by atoms with Crippen molar-refractivity contribution in [2.24, 2.45) is 5.92 Å². The van der Waals surface area contributed by atoms with Gasteiger partial charge in [-0.2, -0.15) is 0 Å². The fraction of sp³-hybridized carbons (Fsp3) is 0.533. The summed E-state index contributed by atoms with van der Waals surface area (Å²) in [6, 6.07) is 8.38. The molecule has 1 aromatic rings. The highest BCUT2D eigenvalue weighted by molar-refractivity contribution is 5.82. The van der Waals surface area contributed by atoms with Crippen LogP contribution in [-0.4, -0.2) is 23.4 Å². The van der Waals surface area contributed by atoms with Crippen LogP contribution in [0.5, 0.6) is 0 Å². The molecule has 2 aliphatic rings. The normalized spacial score (nSPS) is 27.1. The molecule has 3 nitrogen and oxygen atoms in total. The predicted molar refractivity (Wildman–Crippen MR) is 70.9 cm³/mol. The Kier molecular flexibility index (Phi) is 3.08. The molecule has 2 atom stereocenters. The number of carbonyl (C=O) groups excluding carboxylic acids is 1. The third kappa shape index (κ3) is 2.15. The first kappa shape index (κ1) is 11.7. The monoisotopic (exact) mass is 244 g/mol. The number of benzene rings is 1. The number of nitrogens with one attached hydrogen (secondary N) is 1. The summed E-state index contributed by atoms with van der Waals surface area (Å²) < 4.78 is 0. The summed E-state index contributed by atoms with van der Waals surface area (Å²) in [7, 11) is 0. The van der Waals surface area contributed by atoms with Crippen LogP contribution in [0.1, 0.15) is 30.9 Å². The Morgan fingerprint density at radius 3 is 2.56 bits per heavy atom. The second-order valence-electron chi connectivity index (χ2n) is 5.60. The van der Waals surface area contributed by atoms with Gasteiger partial charge in [0, 0.05) is 13.1 Å². The van der Waals surface area contributed by atoms with E-state index in [-0.39, 0.29) is 11.9 Å². The minimum atomic E-state index is 0.0306. The third-order valence-corrected chi connectivity index (χ3v) is 4.12. The largest absolute Gasteiger partial charge is 0.333 e. The molecule has 3 heteroatoms. The molecule has 96 valence electrons. The van der Waals surface area contributed by atoms with Gasteiger partial charge in [-0.1, -0.05) is 31.2 Å². The Morgan fingerprint density at radius 1 is 1.28 bits per heavy atom. The van der Waals surface area contributed by atoms with E-state index in [4.69, 9.17) is 0 Å². The van der Waals surface area contributed by atoms with Crippen LogP contribution in [0.2, 0.25) is 0 Å². The van der Waals surface area contributed by atoms with Crippen LogP contribution >= 0.6 is 0 Å². The standard InChI is InChI=1S/C15H20N2O/c1-11-6-7-16-14(8-11)15(18)17-9-12-4-2-3-5-13(12)10-17/h2-5,11,14,16H,6-10H2,1H3. The zero-order valence-electron chi connectivity index (χ0n) is 10.9. The number of amides is 1. The van der Waals surface area contributed by atoms with Crippen molar-refractivity contribution < 1.29 is 4.79 Å². The maximum absolute atomic E-state index is 12.5. The molecule has 0 radical (unpaired) electrons. The average molecular weight is 244 g/mol. The third-order valence-electron chi connectivity index (χ3n) is 4.12. The molecular formula is C15H20N2O. The highest BCUT2D eigenvalue weighted by atomic mass is 16.2. The lowest BCUT2D eigenvalue weighted by molar-refractivity contribution is -0.135. The average Bonchev–Trinajstić information content (AvgIpc) is 2.81. The SMILES string of the molecule is CC1CCNC(C(=O)N2Cc3ccccc3C2)C1. The summed E-state index contributed by atoms with van der Waals surface area (Å²) >= 11 is 0. The summed E-state index contributed by atoms with van der Waals surface area (Å²) in [5, 5.41) is 3.36. The van der Waals surface area contributed by atoms with Crippen molar-refractivity contribution in [3.63, 3.8) is 0 Å². The van der Waals surface area contributed by atoms with Crippen molar-refractivity contribution in [2.45, 2.75) is 38.9 Å². The Labute approximate surface area is 108 Å². The Bertz CT molecular complexity index is 433. The topological polar surface area (TPSA) is 32.3 Å². The van der Waals surface area contributed by atoms with Gasteiger partial charge < -0.3 is 10.2 Å². The van der Waals surface area contributed by atoms with Crippen LogP contribution in [0.25, 0.3) is 0 Å². The highest BCUT2D eigenvalue weighted by Crippen LogP contribution is 2.25. The molecule has 1 aromatic carbocycles. The summed E-state index contributed by atoms with van der Waals surface area (Å²) in [5.74, 6) is 0.933. The van der Waals surface area contributed by atoms with Gasteiger partial charge >= 0.3 is 0 Å². The van der Waals surface area contributed by atoms with Crippen molar-refractivity contribution >= 4 is 5.91 Å². The van der Waals surface area contributed by atoms with Gasteiger partial charge in [0.1, 0.15) is 0 Å². The van der Waals surface area contributed by atoms with E-state index in [2.05, 4.69) is 24.4 Å². The summed E-state index contributed by atoms with van der Waals surface area (Å²) in [6.07, 6.45) is 2.16. The van der Waals surface area contributed by atoms with Crippen LogP contribution in [-0.2, 0) is 17.9 Å². The van der Waals surface area contributed by atoms with Crippen molar-refractivity contribution in [3.05, 3.63) is 35.4 Å². The quantitative estimate of drug-likeness (QED) is 0.818. The van der Waals surface area contributed by atoms with Gasteiger partial charge in [-0.05, 0) is 36.4 Å². The lowest BCUT2D eigenvalue weighted by atomic mass is 9.93. The van der Waals surface area contributed by atoms with E-state index in [1.54, 1.807) is 0 Å². The molecule has 3 rings (SSSR count). The van der Waals surface area contributed by atoms with Gasteiger partial charge in [0.15, 0.2) is 0 Å². The minimum Gasteiger partial charge on any atom is -0.333 e. The first-order valence-electron chi connectivity index (χ1n) is 6.83. The molecule has 0 saturated carbocycles. The molecule has 18 heavy (non-hydrogen) atoms. The van der Waals surface area contributed by atoms with Crippen LogP contribution in [0.15, 0.2) is 24.3 Å². The molecule has 2 unspecified atom stereocenters. The number of rotatable bonds is 1. The van der Waals surface area contributed by atoms with E-state index in [0.717, 1.165) is 26.1 Å². The molecule has 1 fully saturated rings. The molecule has 0 bridgehead atoms. The Hall–Kier alpha value is -1.35. The lowest BCUT2D eigenvalue weighted by Gasteiger charge is -2.30. The maximum atomic E-state index is 12.5. The molecule has 0 spiro atoms. The van der Waals surface area contributed by atoms with Gasteiger partial charge in [-0.25, -0.2) is 0 Å². The molecule has 1 saturated heterocycles. The van der Waals surface area contributed by atoms with Gasteiger partial charge in [0.05, 0.1) is 6.04 Å². The Balaban J connectivity index is 1.68. The van der Waals surface area contributed by atoms with Crippen LogP contribution in [0.4, 0.5) is 0 Å². The molecule has 2 aliphatic heterocycles. The number of hydrogen-bond donors (Lipinski definition) is 1. The van der Waals surface area contributed by atoms with Gasteiger partial charge in [-0.3, -0.25) is 4.79 Å². The zero-order valence-corrected chi connectivity index (χ0v) is 10.9. The number of piperidine rings is 1. The van der Waals surface area contributed by atoms with Gasteiger partial charge in [-0.15, -0.1) is 0 Å². The van der Waals surface area contributed by atoms with E-state index >= 15 is 0 Å². The van der Waals surface area contributed by atoms with Crippen LogP contribution < -0.4 is 5.32 Å². The van der Waals surface area contributed by atoms with E-state index in [1.165, 1.54) is 17.5 Å². The fourth-order valence-electron chi connectivity index (χ4n) is 3.01. The van der Waals surface area contributed by atoms with E-state index in [1.807, 2.05) is 17.0 Å². The fourth-order valence-corrected chi connectivity index (χ4v) is 3.01. The van der Waals surface area contributed by atoms with Crippen molar-refractivity contribution in [3.8, 4) is 0 Å². The van der Waals surface area contributed by atoms with Crippen molar-refractivity contribution in [1.82, 2.24) is 10.2 Å². The number of fused-ring (bicyclic) bond motifs is 1. The highest BCUT2D eigenvalue weighted by Gasteiger charge is 2.31. The number of hydrogen-bond acceptors (Lipinski definition) is 2. The summed E-state index contributed by atoms with van der Waals surface area (Å²) in [6.45, 7) is 4.77. The summed E-state index contributed by atoms with van der Waals surface area (Å²) in [5.41, 5.74) is 2.60. The maximum Gasteiger partial charge on any atom is 0.240 e. The molecule has 1 amide bonds. The smallest absolute Gasteiger partial charge is 0.240 e. The summed E-state index contributed by atoms with van der Waals surface area (Å²) in [4.78, 5) is 14.5. The molecule has 0 aliphatic carbocycles. The van der Waals surface area contributed by atoms with Gasteiger partial charge in [0.25, 0.3) is 0 Å². The molecule has 1 N–H and O–H groups in total. The lowest BCUT2D eigenvalue weighted by Crippen LogP contribution is -2.48. The van der Waals surface area contributed by atoms with Crippen LogP contribution in [0.3, 0.4) is 0 Å². The Morgan fingerprint density at radius 2 is 1.94 bits per heavy atom. The second kappa shape index (κ2) is 4.73. The zero-order chi connectivity index (χ0) is 12.5. The van der Waals surface area contributed by atoms with Crippen LogP contribution in [0, 0.1) is 5.92 Å². The molecule has 2 heterocycles. The number of carbonyl (C=O) groups is 1. The van der Waals surface area contributed by atoms with E-state index in [0.29, 0.717) is 5.92 Å². The first-order chi connectivity index (χ1) is 8.74.